The smallest absolute Gasteiger partial charge is 0.341 e. The number of benzene rings is 2. The average Bonchev–Trinajstić information content (AvgIpc) is 2.42. The van der Waals surface area contributed by atoms with Crippen LogP contribution in [0.3, 0.4) is 0 Å². The Labute approximate surface area is 116 Å². The zero-order valence-corrected chi connectivity index (χ0v) is 11.1. The molecule has 0 N–H and O–H groups in total. The van der Waals surface area contributed by atoms with Crippen LogP contribution in [0.5, 0.6) is 11.8 Å². The van der Waals surface area contributed by atoms with E-state index in [-0.39, 0.29) is 11.8 Å². The number of para-hydroxylation sites is 1. The lowest BCUT2D eigenvalue weighted by Crippen LogP contribution is -1.96. The molecule has 0 unspecified atom stereocenters. The first-order valence-electron chi connectivity index (χ1n) is 5.45. The molecule has 0 amide bonds. The van der Waals surface area contributed by atoms with Gasteiger partial charge in [-0.15, -0.1) is 5.10 Å². The molecule has 4 nitrogen and oxygen atoms in total. The van der Waals surface area contributed by atoms with Gasteiger partial charge in [0.1, 0.15) is 17.1 Å². The lowest BCUT2D eigenvalue weighted by Gasteiger charge is -2.05. The molecule has 3 aromatic rings. The maximum absolute atomic E-state index is 13.0. The number of ether oxygens (including phenoxy) is 1. The first-order chi connectivity index (χ1) is 9.22. The number of rotatable bonds is 2. The first kappa shape index (κ1) is 12.0. The molecule has 0 saturated heterocycles. The Kier molecular flexibility index (Phi) is 3.08. The molecule has 1 aromatic heterocycles. The minimum absolute atomic E-state index is 0.117. The Balaban J connectivity index is 1.96. The predicted molar refractivity (Wildman–Crippen MR) is 71.5 cm³/mol. The summed E-state index contributed by atoms with van der Waals surface area (Å²) in [5.74, 6) is 0.0789. The summed E-state index contributed by atoms with van der Waals surface area (Å²) in [7, 11) is 0. The van der Waals surface area contributed by atoms with Crippen LogP contribution in [0.1, 0.15) is 0 Å². The quantitative estimate of drug-likeness (QED) is 0.722. The molecular formula is C13H7BrFN3O. The van der Waals surface area contributed by atoms with Gasteiger partial charge < -0.3 is 4.74 Å². The van der Waals surface area contributed by atoms with Crippen molar-refractivity contribution in [3.8, 4) is 11.8 Å². The van der Waals surface area contributed by atoms with Crippen molar-refractivity contribution in [2.75, 3.05) is 0 Å². The molecule has 0 radical (unpaired) electrons. The van der Waals surface area contributed by atoms with Crippen LogP contribution in [0.15, 0.2) is 46.9 Å². The molecule has 0 spiro atoms. The Morgan fingerprint density at radius 3 is 2.58 bits per heavy atom. The van der Waals surface area contributed by atoms with Crippen LogP contribution < -0.4 is 4.74 Å². The Bertz CT molecular complexity index is 751. The Morgan fingerprint density at radius 1 is 1.00 bits per heavy atom. The number of fused-ring (bicyclic) bond motifs is 1. The molecule has 3 rings (SSSR count). The summed E-state index contributed by atoms with van der Waals surface area (Å²) in [4.78, 5) is 4.22. The van der Waals surface area contributed by atoms with E-state index in [1.807, 2.05) is 24.3 Å². The van der Waals surface area contributed by atoms with Gasteiger partial charge in [0.05, 0.1) is 9.99 Å². The third-order valence-corrected chi connectivity index (χ3v) is 3.06. The molecule has 0 aliphatic heterocycles. The fourth-order valence-electron chi connectivity index (χ4n) is 1.56. The normalized spacial score (nSPS) is 10.6. The average molecular weight is 320 g/mol. The molecule has 0 saturated carbocycles. The van der Waals surface area contributed by atoms with Crippen molar-refractivity contribution in [2.24, 2.45) is 0 Å². The van der Waals surface area contributed by atoms with E-state index in [2.05, 4.69) is 31.1 Å². The molecule has 94 valence electrons. The minimum Gasteiger partial charge on any atom is -0.422 e. The van der Waals surface area contributed by atoms with Crippen molar-refractivity contribution in [1.29, 1.82) is 0 Å². The summed E-state index contributed by atoms with van der Waals surface area (Å²) in [6.45, 7) is 0. The van der Waals surface area contributed by atoms with E-state index in [0.29, 0.717) is 21.3 Å². The maximum atomic E-state index is 13.0. The van der Waals surface area contributed by atoms with Crippen molar-refractivity contribution in [3.05, 3.63) is 52.8 Å². The summed E-state index contributed by atoms with van der Waals surface area (Å²) in [5.41, 5.74) is 1.37. The lowest BCUT2D eigenvalue weighted by molar-refractivity contribution is 0.433. The van der Waals surface area contributed by atoms with Gasteiger partial charge in [-0.25, -0.2) is 4.39 Å². The predicted octanol–water partition coefficient (Wildman–Crippen LogP) is 3.72. The second kappa shape index (κ2) is 4.89. The summed E-state index contributed by atoms with van der Waals surface area (Å²) < 4.78 is 18.9. The van der Waals surface area contributed by atoms with Gasteiger partial charge in [0.2, 0.25) is 0 Å². The van der Waals surface area contributed by atoms with Crippen LogP contribution in [0, 0.1) is 5.82 Å². The van der Waals surface area contributed by atoms with Crippen molar-refractivity contribution in [2.45, 2.75) is 0 Å². The summed E-state index contributed by atoms with van der Waals surface area (Å²) >= 11 is 3.21. The summed E-state index contributed by atoms with van der Waals surface area (Å²) in [5, 5.41) is 7.87. The molecule has 0 aliphatic carbocycles. The summed E-state index contributed by atoms with van der Waals surface area (Å²) in [6, 6.07) is 11.6. The molecule has 2 aromatic carbocycles. The van der Waals surface area contributed by atoms with Gasteiger partial charge in [-0.1, -0.05) is 17.2 Å². The largest absolute Gasteiger partial charge is 0.422 e. The minimum atomic E-state index is -0.350. The van der Waals surface area contributed by atoms with Crippen molar-refractivity contribution in [1.82, 2.24) is 15.2 Å². The van der Waals surface area contributed by atoms with Gasteiger partial charge in [-0.2, -0.15) is 4.98 Å². The highest BCUT2D eigenvalue weighted by Crippen LogP contribution is 2.28. The van der Waals surface area contributed by atoms with Crippen LogP contribution in [0.2, 0.25) is 0 Å². The van der Waals surface area contributed by atoms with Crippen LogP contribution in [-0.2, 0) is 0 Å². The maximum Gasteiger partial charge on any atom is 0.341 e. The van der Waals surface area contributed by atoms with E-state index < -0.39 is 0 Å². The van der Waals surface area contributed by atoms with E-state index in [0.717, 1.165) is 0 Å². The summed E-state index contributed by atoms with van der Waals surface area (Å²) in [6.07, 6.45) is 0. The monoisotopic (exact) mass is 319 g/mol. The highest BCUT2D eigenvalue weighted by atomic mass is 79.9. The highest BCUT2D eigenvalue weighted by Gasteiger charge is 2.07. The third kappa shape index (κ3) is 2.53. The standard InChI is InChI=1S/C13H7BrFN3O/c14-9-7-8(15)5-6-12(9)19-13-16-10-3-1-2-4-11(10)17-18-13/h1-7H. The molecule has 0 aliphatic rings. The van der Waals surface area contributed by atoms with Crippen molar-refractivity contribution >= 4 is 27.0 Å². The number of hydrogen-bond donors (Lipinski definition) is 0. The Hall–Kier alpha value is -2.08. The first-order valence-corrected chi connectivity index (χ1v) is 6.24. The zero-order valence-electron chi connectivity index (χ0n) is 9.55. The van der Waals surface area contributed by atoms with Gasteiger partial charge in [0, 0.05) is 0 Å². The van der Waals surface area contributed by atoms with Gasteiger partial charge in [-0.05, 0) is 46.3 Å². The molecule has 0 atom stereocenters. The van der Waals surface area contributed by atoms with E-state index in [1.54, 1.807) is 0 Å². The second-order valence-electron chi connectivity index (χ2n) is 3.76. The van der Waals surface area contributed by atoms with Crippen LogP contribution in [0.25, 0.3) is 11.0 Å². The number of hydrogen-bond acceptors (Lipinski definition) is 4. The van der Waals surface area contributed by atoms with Gasteiger partial charge in [0.15, 0.2) is 0 Å². The van der Waals surface area contributed by atoms with Crippen molar-refractivity contribution < 1.29 is 9.13 Å². The van der Waals surface area contributed by atoms with Gasteiger partial charge >= 0.3 is 6.01 Å². The van der Waals surface area contributed by atoms with Crippen LogP contribution >= 0.6 is 15.9 Å². The third-order valence-electron chi connectivity index (χ3n) is 2.44. The Morgan fingerprint density at radius 2 is 1.79 bits per heavy atom. The van der Waals surface area contributed by atoms with Crippen molar-refractivity contribution in [3.63, 3.8) is 0 Å². The molecular weight excluding hydrogens is 313 g/mol. The molecule has 6 heteroatoms. The lowest BCUT2D eigenvalue weighted by atomic mass is 10.3. The topological polar surface area (TPSA) is 47.9 Å². The van der Waals surface area contributed by atoms with E-state index in [9.17, 15) is 4.39 Å². The fraction of sp³-hybridized carbons (Fsp3) is 0. The second-order valence-corrected chi connectivity index (χ2v) is 4.61. The number of nitrogens with zero attached hydrogens (tertiary/aromatic N) is 3. The number of halogens is 2. The molecule has 0 bridgehead atoms. The van der Waals surface area contributed by atoms with E-state index >= 15 is 0 Å². The molecule has 19 heavy (non-hydrogen) atoms. The SMILES string of the molecule is Fc1ccc(Oc2nnc3ccccc3n2)c(Br)c1. The van der Waals surface area contributed by atoms with E-state index in [4.69, 9.17) is 4.74 Å². The number of aromatic nitrogens is 3. The highest BCUT2D eigenvalue weighted by molar-refractivity contribution is 9.10. The zero-order chi connectivity index (χ0) is 13.2. The molecule has 1 heterocycles. The van der Waals surface area contributed by atoms with Gasteiger partial charge in [0.25, 0.3) is 0 Å². The van der Waals surface area contributed by atoms with Crippen LogP contribution in [0.4, 0.5) is 4.39 Å². The van der Waals surface area contributed by atoms with E-state index in [1.165, 1.54) is 18.2 Å². The van der Waals surface area contributed by atoms with Crippen LogP contribution in [-0.4, -0.2) is 15.2 Å². The van der Waals surface area contributed by atoms with Gasteiger partial charge in [-0.3, -0.25) is 0 Å². The fourth-order valence-corrected chi connectivity index (χ4v) is 2.00. The molecule has 0 fully saturated rings.